The van der Waals surface area contributed by atoms with Gasteiger partial charge >= 0.3 is 0 Å². The van der Waals surface area contributed by atoms with E-state index in [2.05, 4.69) is 47.9 Å². The SMILES string of the molecule is CCCn1c(COc2ccc3ccccc3c2)cc2nc3ccccc3nc21. The smallest absolute Gasteiger partial charge is 0.159 e. The average Bonchev–Trinajstić information content (AvgIpc) is 3.07. The summed E-state index contributed by atoms with van der Waals surface area (Å²) in [4.78, 5) is 9.66. The van der Waals surface area contributed by atoms with Gasteiger partial charge in [-0.2, -0.15) is 0 Å². The Morgan fingerprint density at radius 3 is 2.36 bits per heavy atom. The highest BCUT2D eigenvalue weighted by molar-refractivity contribution is 5.85. The first-order chi connectivity index (χ1) is 13.8. The van der Waals surface area contributed by atoms with Crippen molar-refractivity contribution in [2.45, 2.75) is 26.5 Å². The summed E-state index contributed by atoms with van der Waals surface area (Å²) in [6.45, 7) is 3.56. The zero-order valence-electron chi connectivity index (χ0n) is 15.8. The van der Waals surface area contributed by atoms with E-state index in [0.29, 0.717) is 6.61 Å². The summed E-state index contributed by atoms with van der Waals surface area (Å²) in [5.41, 5.74) is 4.79. The van der Waals surface area contributed by atoms with Gasteiger partial charge in [0.1, 0.15) is 17.9 Å². The van der Waals surface area contributed by atoms with Crippen molar-refractivity contribution in [3.8, 4) is 5.75 Å². The lowest BCUT2D eigenvalue weighted by Crippen LogP contribution is -2.06. The Bertz CT molecular complexity index is 1290. The van der Waals surface area contributed by atoms with Crippen LogP contribution in [0, 0.1) is 0 Å². The lowest BCUT2D eigenvalue weighted by atomic mass is 10.1. The maximum absolute atomic E-state index is 6.14. The van der Waals surface area contributed by atoms with Gasteiger partial charge in [-0.3, -0.25) is 0 Å². The average molecular weight is 367 g/mol. The molecule has 4 heteroatoms. The van der Waals surface area contributed by atoms with Crippen LogP contribution in [0.5, 0.6) is 5.75 Å². The molecular weight excluding hydrogens is 346 g/mol. The lowest BCUT2D eigenvalue weighted by Gasteiger charge is -2.11. The number of benzene rings is 3. The fourth-order valence-electron chi connectivity index (χ4n) is 3.68. The molecule has 2 aromatic heterocycles. The molecule has 5 aromatic rings. The molecule has 0 saturated heterocycles. The van der Waals surface area contributed by atoms with Crippen LogP contribution in [0.2, 0.25) is 0 Å². The Balaban J connectivity index is 1.51. The minimum atomic E-state index is 0.493. The topological polar surface area (TPSA) is 39.9 Å². The number of aryl methyl sites for hydroxylation is 1. The third-order valence-corrected chi connectivity index (χ3v) is 5.04. The van der Waals surface area contributed by atoms with Crippen molar-refractivity contribution in [2.75, 3.05) is 0 Å². The van der Waals surface area contributed by atoms with E-state index in [9.17, 15) is 0 Å². The second kappa shape index (κ2) is 6.97. The van der Waals surface area contributed by atoms with Crippen LogP contribution in [0.25, 0.3) is 33.0 Å². The molecule has 4 nitrogen and oxygen atoms in total. The molecule has 0 aliphatic rings. The first-order valence-electron chi connectivity index (χ1n) is 9.68. The summed E-state index contributed by atoms with van der Waals surface area (Å²) in [5, 5.41) is 2.40. The molecule has 28 heavy (non-hydrogen) atoms. The van der Waals surface area contributed by atoms with Crippen LogP contribution in [0.4, 0.5) is 0 Å². The molecule has 0 spiro atoms. The highest BCUT2D eigenvalue weighted by Crippen LogP contribution is 2.24. The molecular formula is C24H21N3O. The Morgan fingerprint density at radius 2 is 1.54 bits per heavy atom. The number of ether oxygens (including phenoxy) is 1. The molecule has 0 N–H and O–H groups in total. The molecule has 0 fully saturated rings. The van der Waals surface area contributed by atoms with Gasteiger partial charge < -0.3 is 9.30 Å². The molecule has 3 aromatic carbocycles. The van der Waals surface area contributed by atoms with Crippen molar-refractivity contribution < 1.29 is 4.74 Å². The summed E-state index contributed by atoms with van der Waals surface area (Å²) in [7, 11) is 0. The molecule has 0 atom stereocenters. The predicted molar refractivity (Wildman–Crippen MR) is 114 cm³/mol. The Kier molecular flexibility index (Phi) is 4.17. The van der Waals surface area contributed by atoms with E-state index in [1.54, 1.807) is 0 Å². The number of hydrogen-bond donors (Lipinski definition) is 0. The van der Waals surface area contributed by atoms with E-state index in [0.717, 1.165) is 46.6 Å². The minimum absolute atomic E-state index is 0.493. The van der Waals surface area contributed by atoms with Crippen LogP contribution < -0.4 is 4.74 Å². The third kappa shape index (κ3) is 2.97. The van der Waals surface area contributed by atoms with Crippen LogP contribution in [0.3, 0.4) is 0 Å². The number of hydrogen-bond acceptors (Lipinski definition) is 3. The number of rotatable bonds is 5. The quantitative estimate of drug-likeness (QED) is 0.398. The highest BCUT2D eigenvalue weighted by atomic mass is 16.5. The van der Waals surface area contributed by atoms with E-state index in [-0.39, 0.29) is 0 Å². The summed E-state index contributed by atoms with van der Waals surface area (Å²) >= 11 is 0. The van der Waals surface area contributed by atoms with E-state index in [1.807, 2.05) is 36.4 Å². The highest BCUT2D eigenvalue weighted by Gasteiger charge is 2.13. The molecule has 0 amide bonds. The Hall–Kier alpha value is -3.40. The van der Waals surface area contributed by atoms with Crippen LogP contribution in [0.15, 0.2) is 72.8 Å². The van der Waals surface area contributed by atoms with Crippen molar-refractivity contribution in [1.29, 1.82) is 0 Å². The van der Waals surface area contributed by atoms with Crippen molar-refractivity contribution in [1.82, 2.24) is 14.5 Å². The van der Waals surface area contributed by atoms with Crippen LogP contribution >= 0.6 is 0 Å². The van der Waals surface area contributed by atoms with Gasteiger partial charge in [-0.25, -0.2) is 9.97 Å². The maximum atomic E-state index is 6.14. The van der Waals surface area contributed by atoms with Crippen molar-refractivity contribution in [2.24, 2.45) is 0 Å². The summed E-state index contributed by atoms with van der Waals surface area (Å²) in [6, 6.07) is 24.6. The molecule has 5 rings (SSSR count). The monoisotopic (exact) mass is 367 g/mol. The second-order valence-corrected chi connectivity index (χ2v) is 7.01. The Morgan fingerprint density at radius 1 is 0.786 bits per heavy atom. The van der Waals surface area contributed by atoms with Crippen molar-refractivity contribution in [3.05, 3.63) is 78.5 Å². The second-order valence-electron chi connectivity index (χ2n) is 7.01. The first kappa shape index (κ1) is 16.8. The molecule has 138 valence electrons. The van der Waals surface area contributed by atoms with Gasteiger partial charge in [0.05, 0.1) is 16.7 Å². The molecule has 0 saturated carbocycles. The summed E-state index contributed by atoms with van der Waals surface area (Å²) < 4.78 is 8.37. The van der Waals surface area contributed by atoms with Crippen LogP contribution in [0.1, 0.15) is 19.0 Å². The largest absolute Gasteiger partial charge is 0.487 e. The number of fused-ring (bicyclic) bond motifs is 3. The van der Waals surface area contributed by atoms with Gasteiger partial charge in [0.25, 0.3) is 0 Å². The van der Waals surface area contributed by atoms with Gasteiger partial charge in [-0.05, 0) is 47.5 Å². The molecule has 2 heterocycles. The fourth-order valence-corrected chi connectivity index (χ4v) is 3.68. The van der Waals surface area contributed by atoms with Gasteiger partial charge in [0.15, 0.2) is 5.65 Å². The van der Waals surface area contributed by atoms with Crippen LogP contribution in [-0.4, -0.2) is 14.5 Å². The first-order valence-corrected chi connectivity index (χ1v) is 9.68. The molecule has 0 aliphatic carbocycles. The predicted octanol–water partition coefficient (Wildman–Crippen LogP) is 5.73. The number of para-hydroxylation sites is 2. The molecule has 0 aliphatic heterocycles. The van der Waals surface area contributed by atoms with Gasteiger partial charge in [-0.15, -0.1) is 0 Å². The van der Waals surface area contributed by atoms with E-state index >= 15 is 0 Å². The molecule has 0 unspecified atom stereocenters. The van der Waals surface area contributed by atoms with E-state index in [1.165, 1.54) is 10.8 Å². The zero-order valence-corrected chi connectivity index (χ0v) is 15.8. The fraction of sp³-hybridized carbons (Fsp3) is 0.167. The summed E-state index contributed by atoms with van der Waals surface area (Å²) in [6.07, 6.45) is 1.03. The maximum Gasteiger partial charge on any atom is 0.159 e. The lowest BCUT2D eigenvalue weighted by molar-refractivity contribution is 0.295. The van der Waals surface area contributed by atoms with Gasteiger partial charge in [0.2, 0.25) is 0 Å². The molecule has 0 radical (unpaired) electrons. The standard InChI is InChI=1S/C24H21N3O/c1-2-13-27-19(15-23-24(27)26-22-10-6-5-9-21(22)25-23)16-28-20-12-11-17-7-3-4-8-18(17)14-20/h3-12,14-15H,2,13,16H2,1H3. The normalized spacial score (nSPS) is 11.5. The zero-order chi connectivity index (χ0) is 18.9. The van der Waals surface area contributed by atoms with E-state index in [4.69, 9.17) is 14.7 Å². The van der Waals surface area contributed by atoms with Crippen LogP contribution in [-0.2, 0) is 13.2 Å². The van der Waals surface area contributed by atoms with Crippen molar-refractivity contribution >= 4 is 33.0 Å². The van der Waals surface area contributed by atoms with Gasteiger partial charge in [0, 0.05) is 6.54 Å². The van der Waals surface area contributed by atoms with E-state index < -0.39 is 0 Å². The summed E-state index contributed by atoms with van der Waals surface area (Å²) in [5.74, 6) is 0.873. The number of aromatic nitrogens is 3. The number of nitrogens with zero attached hydrogens (tertiary/aromatic N) is 3. The third-order valence-electron chi connectivity index (χ3n) is 5.04. The van der Waals surface area contributed by atoms with Gasteiger partial charge in [-0.1, -0.05) is 49.4 Å². The Labute approximate surface area is 163 Å². The minimum Gasteiger partial charge on any atom is -0.487 e. The van der Waals surface area contributed by atoms with Crippen molar-refractivity contribution in [3.63, 3.8) is 0 Å². The molecule has 0 bridgehead atoms.